The van der Waals surface area contributed by atoms with Crippen LogP contribution in [0.15, 0.2) is 50.4 Å². The molecule has 7 heteroatoms. The van der Waals surface area contributed by atoms with Crippen LogP contribution >= 0.6 is 0 Å². The second-order valence-electron chi connectivity index (χ2n) is 4.43. The molecule has 1 aromatic carbocycles. The third kappa shape index (κ3) is 2.25. The summed E-state index contributed by atoms with van der Waals surface area (Å²) in [6, 6.07) is 9.46. The van der Waals surface area contributed by atoms with Gasteiger partial charge in [0.2, 0.25) is 5.76 Å². The molecule has 0 aliphatic heterocycles. The van der Waals surface area contributed by atoms with Crippen molar-refractivity contribution in [2.24, 2.45) is 0 Å². The third-order valence-electron chi connectivity index (χ3n) is 3.09. The summed E-state index contributed by atoms with van der Waals surface area (Å²) in [7, 11) is 0. The van der Waals surface area contributed by atoms with Crippen molar-refractivity contribution in [1.82, 2.24) is 9.55 Å². The molecule has 3 rings (SSSR count). The van der Waals surface area contributed by atoms with E-state index in [1.807, 2.05) is 0 Å². The summed E-state index contributed by atoms with van der Waals surface area (Å²) in [5.41, 5.74) is -0.580. The Bertz CT molecular complexity index is 948. The Kier molecular flexibility index (Phi) is 2.94. The number of hydrogen-bond donors (Lipinski definition) is 2. The van der Waals surface area contributed by atoms with Crippen LogP contribution in [-0.2, 0) is 6.54 Å². The van der Waals surface area contributed by atoms with Crippen molar-refractivity contribution in [3.8, 4) is 0 Å². The lowest BCUT2D eigenvalue weighted by Gasteiger charge is -2.07. The number of H-pyrrole nitrogens is 1. The number of carboxylic acids is 1. The summed E-state index contributed by atoms with van der Waals surface area (Å²) in [5, 5.41) is 9.19. The number of hydrogen-bond acceptors (Lipinski definition) is 4. The van der Waals surface area contributed by atoms with Gasteiger partial charge >= 0.3 is 11.7 Å². The first kappa shape index (κ1) is 12.9. The summed E-state index contributed by atoms with van der Waals surface area (Å²) in [5.74, 6) is -1.07. The first-order chi connectivity index (χ1) is 10.1. The van der Waals surface area contributed by atoms with Crippen molar-refractivity contribution in [1.29, 1.82) is 0 Å². The quantitative estimate of drug-likeness (QED) is 0.748. The molecule has 7 nitrogen and oxygen atoms in total. The zero-order valence-electron chi connectivity index (χ0n) is 10.7. The van der Waals surface area contributed by atoms with E-state index >= 15 is 0 Å². The molecule has 21 heavy (non-hydrogen) atoms. The molecular formula is C14H10N2O5. The summed E-state index contributed by atoms with van der Waals surface area (Å²) < 4.78 is 6.45. The Balaban J connectivity index is 2.14. The normalized spacial score (nSPS) is 10.9. The van der Waals surface area contributed by atoms with Gasteiger partial charge in [-0.1, -0.05) is 12.1 Å². The van der Waals surface area contributed by atoms with Crippen molar-refractivity contribution < 1.29 is 14.3 Å². The van der Waals surface area contributed by atoms with Crippen LogP contribution in [0.4, 0.5) is 0 Å². The highest BCUT2D eigenvalue weighted by atomic mass is 16.4. The van der Waals surface area contributed by atoms with Crippen molar-refractivity contribution in [2.45, 2.75) is 6.54 Å². The Morgan fingerprint density at radius 2 is 1.95 bits per heavy atom. The molecule has 0 fully saturated rings. The Morgan fingerprint density at radius 1 is 1.19 bits per heavy atom. The highest BCUT2D eigenvalue weighted by Crippen LogP contribution is 2.12. The van der Waals surface area contributed by atoms with Gasteiger partial charge < -0.3 is 9.52 Å². The van der Waals surface area contributed by atoms with Crippen molar-refractivity contribution in [3.05, 3.63) is 68.8 Å². The standard InChI is InChI=1S/C14H10N2O5/c17-12-9-3-1-2-4-10(9)16(14(20)15-12)7-8-5-6-11(21-8)13(18)19/h1-6H,7H2,(H,18,19)(H,15,17,20). The number of aromatic amines is 1. The Morgan fingerprint density at radius 3 is 2.67 bits per heavy atom. The molecule has 0 spiro atoms. The number of aromatic nitrogens is 2. The number of rotatable bonds is 3. The van der Waals surface area contributed by atoms with E-state index < -0.39 is 17.2 Å². The highest BCUT2D eigenvalue weighted by Gasteiger charge is 2.12. The number of aromatic carboxylic acids is 1. The molecule has 0 unspecified atom stereocenters. The van der Waals surface area contributed by atoms with Gasteiger partial charge in [-0.3, -0.25) is 14.3 Å². The van der Waals surface area contributed by atoms with E-state index in [0.29, 0.717) is 16.7 Å². The molecular weight excluding hydrogens is 276 g/mol. The predicted molar refractivity (Wildman–Crippen MR) is 73.6 cm³/mol. The molecule has 0 aliphatic carbocycles. The number of fused-ring (bicyclic) bond motifs is 1. The average molecular weight is 286 g/mol. The summed E-state index contributed by atoms with van der Waals surface area (Å²) in [6.45, 7) is 0.0312. The molecule has 0 saturated carbocycles. The van der Waals surface area contributed by atoms with Crippen LogP contribution in [0.1, 0.15) is 16.3 Å². The van der Waals surface area contributed by atoms with Gasteiger partial charge in [-0.15, -0.1) is 0 Å². The van der Waals surface area contributed by atoms with E-state index in [0.717, 1.165) is 0 Å². The van der Waals surface area contributed by atoms with Crippen LogP contribution < -0.4 is 11.2 Å². The summed E-state index contributed by atoms with van der Waals surface area (Å²) in [4.78, 5) is 36.7. The van der Waals surface area contributed by atoms with Crippen molar-refractivity contribution in [3.63, 3.8) is 0 Å². The van der Waals surface area contributed by atoms with Gasteiger partial charge in [0.25, 0.3) is 5.56 Å². The molecule has 0 radical (unpaired) electrons. The lowest BCUT2D eigenvalue weighted by molar-refractivity contribution is 0.0660. The van der Waals surface area contributed by atoms with Crippen LogP contribution in [-0.4, -0.2) is 20.6 Å². The van der Waals surface area contributed by atoms with Gasteiger partial charge in [-0.25, -0.2) is 9.59 Å². The molecule has 106 valence electrons. The molecule has 2 heterocycles. The molecule has 0 aliphatic rings. The van der Waals surface area contributed by atoms with Crippen LogP contribution in [0.3, 0.4) is 0 Å². The molecule has 0 amide bonds. The van der Waals surface area contributed by atoms with Gasteiger partial charge in [0, 0.05) is 0 Å². The fourth-order valence-electron chi connectivity index (χ4n) is 2.13. The van der Waals surface area contributed by atoms with Crippen LogP contribution in [0, 0.1) is 0 Å². The first-order valence-corrected chi connectivity index (χ1v) is 6.10. The van der Waals surface area contributed by atoms with E-state index in [1.54, 1.807) is 24.3 Å². The summed E-state index contributed by atoms with van der Waals surface area (Å²) in [6.07, 6.45) is 0. The number of carboxylic acid groups (broad SMARTS) is 1. The maximum absolute atomic E-state index is 11.9. The van der Waals surface area contributed by atoms with Gasteiger partial charge in [0.1, 0.15) is 5.76 Å². The molecule has 0 saturated heterocycles. The first-order valence-electron chi connectivity index (χ1n) is 6.10. The predicted octanol–water partition coefficient (Wildman–Crippen LogP) is 1.03. The van der Waals surface area contributed by atoms with E-state index in [2.05, 4.69) is 4.98 Å². The minimum absolute atomic E-state index is 0.0312. The largest absolute Gasteiger partial charge is 0.475 e. The molecule has 0 atom stereocenters. The SMILES string of the molecule is O=C(O)c1ccc(Cn2c(=O)[nH]c(=O)c3ccccc32)o1. The van der Waals surface area contributed by atoms with Crippen molar-refractivity contribution in [2.75, 3.05) is 0 Å². The number of benzene rings is 1. The van der Waals surface area contributed by atoms with Crippen molar-refractivity contribution >= 4 is 16.9 Å². The summed E-state index contributed by atoms with van der Waals surface area (Å²) >= 11 is 0. The monoisotopic (exact) mass is 286 g/mol. The van der Waals surface area contributed by atoms with Gasteiger partial charge in [0.05, 0.1) is 17.4 Å². The Hall–Kier alpha value is -3.09. The van der Waals surface area contributed by atoms with E-state index in [9.17, 15) is 14.4 Å². The maximum atomic E-state index is 11.9. The fourth-order valence-corrected chi connectivity index (χ4v) is 2.13. The molecule has 2 aromatic heterocycles. The van der Waals surface area contributed by atoms with E-state index in [1.165, 1.54) is 16.7 Å². The second-order valence-corrected chi connectivity index (χ2v) is 4.43. The number of nitrogens with zero attached hydrogens (tertiary/aromatic N) is 1. The highest BCUT2D eigenvalue weighted by molar-refractivity contribution is 5.84. The lowest BCUT2D eigenvalue weighted by atomic mass is 10.2. The minimum Gasteiger partial charge on any atom is -0.475 e. The van der Waals surface area contributed by atoms with Gasteiger partial charge in [0.15, 0.2) is 0 Å². The van der Waals surface area contributed by atoms with Crippen LogP contribution in [0.25, 0.3) is 10.9 Å². The number of furan rings is 1. The minimum atomic E-state index is -1.18. The average Bonchev–Trinajstić information content (AvgIpc) is 2.92. The van der Waals surface area contributed by atoms with Crippen LogP contribution in [0.2, 0.25) is 0 Å². The van der Waals surface area contributed by atoms with Gasteiger partial charge in [-0.2, -0.15) is 0 Å². The number of carbonyl (C=O) groups is 1. The Labute approximate surface area is 117 Å². The molecule has 3 aromatic rings. The van der Waals surface area contributed by atoms with E-state index in [-0.39, 0.29) is 12.3 Å². The number of nitrogens with one attached hydrogen (secondary N) is 1. The molecule has 0 bridgehead atoms. The smallest absolute Gasteiger partial charge is 0.371 e. The number of para-hydroxylation sites is 1. The molecule has 2 N–H and O–H groups in total. The second kappa shape index (κ2) is 4.78. The fraction of sp³-hybridized carbons (Fsp3) is 0.0714. The van der Waals surface area contributed by atoms with E-state index in [4.69, 9.17) is 9.52 Å². The van der Waals surface area contributed by atoms with Gasteiger partial charge in [-0.05, 0) is 24.3 Å². The third-order valence-corrected chi connectivity index (χ3v) is 3.09. The maximum Gasteiger partial charge on any atom is 0.371 e. The van der Waals surface area contributed by atoms with Crippen LogP contribution in [0.5, 0.6) is 0 Å². The zero-order valence-corrected chi connectivity index (χ0v) is 10.7. The lowest BCUT2D eigenvalue weighted by Crippen LogP contribution is -2.30. The topological polar surface area (TPSA) is 105 Å². The zero-order chi connectivity index (χ0) is 15.0.